The average Bonchev–Trinajstić information content (AvgIpc) is 2.55. The van der Waals surface area contributed by atoms with Gasteiger partial charge in [0.25, 0.3) is 0 Å². The first-order valence-electron chi connectivity index (χ1n) is 9.14. The lowest BCUT2D eigenvalue weighted by atomic mass is 10.0. The van der Waals surface area contributed by atoms with Crippen molar-refractivity contribution in [2.24, 2.45) is 5.92 Å². The molecular weight excluding hydrogens is 362 g/mol. The highest BCUT2D eigenvalue weighted by molar-refractivity contribution is 5.86. The summed E-state index contributed by atoms with van der Waals surface area (Å²) in [5.74, 6) is -0.629. The number of benzene rings is 1. The Hall–Kier alpha value is -2.83. The van der Waals surface area contributed by atoms with E-state index in [1.807, 2.05) is 6.92 Å². The zero-order chi connectivity index (χ0) is 21.2. The zero-order valence-corrected chi connectivity index (χ0v) is 17.3. The number of esters is 1. The van der Waals surface area contributed by atoms with Crippen LogP contribution in [0, 0.1) is 19.8 Å². The number of carbonyl (C=O) groups excluding carboxylic acids is 2. The minimum absolute atomic E-state index is 0.219. The van der Waals surface area contributed by atoms with Crippen LogP contribution in [0.25, 0.3) is 11.0 Å². The summed E-state index contributed by atoms with van der Waals surface area (Å²) in [6.45, 7) is 12.3. The number of aryl methyl sites for hydroxylation is 1. The molecule has 28 heavy (non-hydrogen) atoms. The predicted octanol–water partition coefficient (Wildman–Crippen LogP) is 3.86. The van der Waals surface area contributed by atoms with Gasteiger partial charge >= 0.3 is 17.7 Å². The monoisotopic (exact) mass is 389 g/mol. The van der Waals surface area contributed by atoms with Gasteiger partial charge in [-0.25, -0.2) is 14.4 Å². The zero-order valence-electron chi connectivity index (χ0n) is 17.3. The lowest BCUT2D eigenvalue weighted by molar-refractivity contribution is -0.137. The third kappa shape index (κ3) is 5.12. The molecule has 0 aliphatic rings. The third-order valence-electron chi connectivity index (χ3n) is 4.24. The van der Waals surface area contributed by atoms with E-state index in [1.54, 1.807) is 53.7 Å². The number of hydrogen-bond donors (Lipinski definition) is 1. The molecular formula is C21H27NO6. The van der Waals surface area contributed by atoms with Crippen molar-refractivity contribution in [3.63, 3.8) is 0 Å². The smallest absolute Gasteiger partial charge is 0.408 e. The third-order valence-corrected chi connectivity index (χ3v) is 4.24. The van der Waals surface area contributed by atoms with Gasteiger partial charge in [0.05, 0.1) is 0 Å². The van der Waals surface area contributed by atoms with E-state index in [9.17, 15) is 14.4 Å². The Kier molecular flexibility index (Phi) is 6.17. The molecule has 0 fully saturated rings. The van der Waals surface area contributed by atoms with Crippen LogP contribution in [0.2, 0.25) is 0 Å². The maximum absolute atomic E-state index is 12.6. The van der Waals surface area contributed by atoms with Gasteiger partial charge < -0.3 is 19.2 Å². The summed E-state index contributed by atoms with van der Waals surface area (Å²) in [4.78, 5) is 36.5. The highest BCUT2D eigenvalue weighted by atomic mass is 16.6. The van der Waals surface area contributed by atoms with Crippen molar-refractivity contribution in [1.82, 2.24) is 5.32 Å². The van der Waals surface area contributed by atoms with Gasteiger partial charge in [0, 0.05) is 17.0 Å². The van der Waals surface area contributed by atoms with E-state index in [2.05, 4.69) is 5.32 Å². The van der Waals surface area contributed by atoms with E-state index < -0.39 is 29.3 Å². The SMILES string of the molecule is Cc1c(C)c2ccc(OC(=O)[C@@H](NC(=O)OC(C)(C)C)C(C)C)cc2oc1=O. The first-order valence-corrected chi connectivity index (χ1v) is 9.14. The molecule has 1 aromatic carbocycles. The maximum atomic E-state index is 12.6. The predicted molar refractivity (Wildman–Crippen MR) is 106 cm³/mol. The maximum Gasteiger partial charge on any atom is 0.408 e. The van der Waals surface area contributed by atoms with Gasteiger partial charge in [0.2, 0.25) is 0 Å². The molecule has 0 spiro atoms. The van der Waals surface area contributed by atoms with Crippen LogP contribution in [-0.2, 0) is 9.53 Å². The van der Waals surface area contributed by atoms with Gasteiger partial charge in [-0.1, -0.05) is 13.8 Å². The number of hydrogen-bond acceptors (Lipinski definition) is 6. The second kappa shape index (κ2) is 8.04. The Morgan fingerprint density at radius 3 is 2.32 bits per heavy atom. The molecule has 7 nitrogen and oxygen atoms in total. The van der Waals surface area contributed by atoms with Crippen LogP contribution in [0.4, 0.5) is 4.79 Å². The molecule has 0 aliphatic carbocycles. The second-order valence-electron chi connectivity index (χ2n) is 8.09. The van der Waals surface area contributed by atoms with Crippen molar-refractivity contribution in [2.45, 2.75) is 60.1 Å². The summed E-state index contributed by atoms with van der Waals surface area (Å²) in [6, 6.07) is 3.95. The largest absolute Gasteiger partial charge is 0.444 e. The normalized spacial score (nSPS) is 12.7. The molecule has 0 saturated heterocycles. The number of alkyl carbamates (subject to hydrolysis) is 1. The van der Waals surface area contributed by atoms with Crippen molar-refractivity contribution in [3.05, 3.63) is 39.7 Å². The Bertz CT molecular complexity index is 952. The molecule has 2 rings (SSSR count). The van der Waals surface area contributed by atoms with Crippen LogP contribution in [0.15, 0.2) is 27.4 Å². The molecule has 1 aromatic heterocycles. The number of amides is 1. The van der Waals surface area contributed by atoms with Crippen LogP contribution in [0.5, 0.6) is 5.75 Å². The van der Waals surface area contributed by atoms with E-state index in [0.717, 1.165) is 10.9 Å². The van der Waals surface area contributed by atoms with E-state index >= 15 is 0 Å². The van der Waals surface area contributed by atoms with Gasteiger partial charge in [0.1, 0.15) is 23.0 Å². The summed E-state index contributed by atoms with van der Waals surface area (Å²) in [6.07, 6.45) is -0.696. The van der Waals surface area contributed by atoms with Gasteiger partial charge in [0.15, 0.2) is 0 Å². The average molecular weight is 389 g/mol. The molecule has 152 valence electrons. The van der Waals surface area contributed by atoms with E-state index in [4.69, 9.17) is 13.9 Å². The Morgan fingerprint density at radius 1 is 1.11 bits per heavy atom. The van der Waals surface area contributed by atoms with Gasteiger partial charge in [-0.15, -0.1) is 0 Å². The molecule has 1 heterocycles. The number of fused-ring (bicyclic) bond motifs is 1. The van der Waals surface area contributed by atoms with Gasteiger partial charge in [-0.3, -0.25) is 0 Å². The summed E-state index contributed by atoms with van der Waals surface area (Å²) in [5.41, 5.74) is 0.579. The summed E-state index contributed by atoms with van der Waals surface area (Å²) in [7, 11) is 0. The van der Waals surface area contributed by atoms with Gasteiger partial charge in [-0.05, 0) is 58.2 Å². The fourth-order valence-electron chi connectivity index (χ4n) is 2.60. The van der Waals surface area contributed by atoms with Crippen molar-refractivity contribution in [2.75, 3.05) is 0 Å². The number of ether oxygens (including phenoxy) is 2. The molecule has 0 aliphatic heterocycles. The molecule has 0 bridgehead atoms. The second-order valence-corrected chi connectivity index (χ2v) is 8.09. The first-order chi connectivity index (χ1) is 12.9. The molecule has 0 radical (unpaired) electrons. The quantitative estimate of drug-likeness (QED) is 0.485. The number of rotatable bonds is 4. The van der Waals surface area contributed by atoms with Crippen molar-refractivity contribution in [3.8, 4) is 5.75 Å². The summed E-state index contributed by atoms with van der Waals surface area (Å²) < 4.78 is 15.9. The molecule has 1 N–H and O–H groups in total. The van der Waals surface area contributed by atoms with Crippen LogP contribution < -0.4 is 15.7 Å². The van der Waals surface area contributed by atoms with Gasteiger partial charge in [-0.2, -0.15) is 0 Å². The van der Waals surface area contributed by atoms with Crippen LogP contribution in [0.3, 0.4) is 0 Å². The van der Waals surface area contributed by atoms with Crippen LogP contribution in [0.1, 0.15) is 45.7 Å². The van der Waals surface area contributed by atoms with Crippen molar-refractivity contribution >= 4 is 23.0 Å². The topological polar surface area (TPSA) is 94.8 Å². The highest BCUT2D eigenvalue weighted by Crippen LogP contribution is 2.24. The lowest BCUT2D eigenvalue weighted by Gasteiger charge is -2.24. The molecule has 2 aromatic rings. The van der Waals surface area contributed by atoms with E-state index in [0.29, 0.717) is 11.1 Å². The lowest BCUT2D eigenvalue weighted by Crippen LogP contribution is -2.48. The molecule has 1 atom stereocenters. The molecule has 7 heteroatoms. The Labute approximate surface area is 164 Å². The summed E-state index contributed by atoms with van der Waals surface area (Å²) >= 11 is 0. The fraction of sp³-hybridized carbons (Fsp3) is 0.476. The van der Waals surface area contributed by atoms with E-state index in [1.165, 1.54) is 6.07 Å². The minimum Gasteiger partial charge on any atom is -0.444 e. The Balaban J connectivity index is 2.22. The molecule has 0 saturated carbocycles. The Morgan fingerprint density at radius 2 is 1.75 bits per heavy atom. The molecule has 0 unspecified atom stereocenters. The minimum atomic E-state index is -0.891. The fourth-order valence-corrected chi connectivity index (χ4v) is 2.60. The standard InChI is InChI=1S/C21H27NO6/c1-11(2)17(22-20(25)28-21(5,6)7)19(24)26-14-8-9-15-12(3)13(4)18(23)27-16(15)10-14/h8-11,17H,1-7H3,(H,22,25)/t17-/m0/s1. The highest BCUT2D eigenvalue weighted by Gasteiger charge is 2.28. The van der Waals surface area contributed by atoms with Crippen molar-refractivity contribution < 1.29 is 23.5 Å². The number of nitrogens with one attached hydrogen (secondary N) is 1. The van der Waals surface area contributed by atoms with Crippen molar-refractivity contribution in [1.29, 1.82) is 0 Å². The van der Waals surface area contributed by atoms with Crippen LogP contribution in [-0.4, -0.2) is 23.7 Å². The first kappa shape index (κ1) is 21.5. The van der Waals surface area contributed by atoms with Crippen LogP contribution >= 0.6 is 0 Å². The molecule has 1 amide bonds. The number of carbonyl (C=O) groups is 2. The van der Waals surface area contributed by atoms with E-state index in [-0.39, 0.29) is 11.7 Å². The summed E-state index contributed by atoms with van der Waals surface area (Å²) in [5, 5.41) is 3.31.